The number of benzene rings is 3. The number of amides is 2. The first-order valence-electron chi connectivity index (χ1n) is 11.4. The number of anilines is 1. The average Bonchev–Trinajstić information content (AvgIpc) is 2.84. The van der Waals surface area contributed by atoms with Gasteiger partial charge in [0, 0.05) is 43.2 Å². The highest BCUT2D eigenvalue weighted by Gasteiger charge is 2.33. The van der Waals surface area contributed by atoms with E-state index in [0.29, 0.717) is 54.1 Å². The SMILES string of the molecule is Cc1cc(C(F)(F)F)cc(C(=O)Nc2cccc(OC3CCN(C(=O)O)CC3)c2)c1-c1ccccc1. The summed E-state index contributed by atoms with van der Waals surface area (Å²) >= 11 is 0. The van der Waals surface area contributed by atoms with Crippen LogP contribution in [0.4, 0.5) is 23.7 Å². The molecule has 0 aliphatic carbocycles. The van der Waals surface area contributed by atoms with Gasteiger partial charge >= 0.3 is 12.3 Å². The quantitative estimate of drug-likeness (QED) is 0.424. The lowest BCUT2D eigenvalue weighted by Gasteiger charge is -2.30. The van der Waals surface area contributed by atoms with E-state index in [1.54, 1.807) is 61.5 Å². The molecule has 1 aliphatic rings. The van der Waals surface area contributed by atoms with Crippen LogP contribution in [-0.2, 0) is 6.18 Å². The van der Waals surface area contributed by atoms with Crippen molar-refractivity contribution in [2.75, 3.05) is 18.4 Å². The second-order valence-electron chi connectivity index (χ2n) is 8.65. The smallest absolute Gasteiger partial charge is 0.416 e. The molecule has 188 valence electrons. The van der Waals surface area contributed by atoms with Crippen molar-refractivity contribution in [2.45, 2.75) is 32.0 Å². The number of carboxylic acid groups (broad SMARTS) is 1. The molecule has 1 aliphatic heterocycles. The van der Waals surface area contributed by atoms with Gasteiger partial charge in [-0.05, 0) is 47.9 Å². The summed E-state index contributed by atoms with van der Waals surface area (Å²) in [5, 5.41) is 11.8. The number of nitrogens with one attached hydrogen (secondary N) is 1. The maximum absolute atomic E-state index is 13.5. The van der Waals surface area contributed by atoms with Crippen molar-refractivity contribution >= 4 is 17.7 Å². The molecule has 0 aromatic heterocycles. The second-order valence-corrected chi connectivity index (χ2v) is 8.65. The molecule has 0 atom stereocenters. The summed E-state index contributed by atoms with van der Waals surface area (Å²) in [5.41, 5.74) is 0.799. The van der Waals surface area contributed by atoms with Crippen LogP contribution in [0.25, 0.3) is 11.1 Å². The second kappa shape index (κ2) is 10.3. The Labute approximate surface area is 206 Å². The molecular formula is C27H25F3N2O4. The van der Waals surface area contributed by atoms with Crippen molar-refractivity contribution in [3.63, 3.8) is 0 Å². The van der Waals surface area contributed by atoms with Crippen LogP contribution >= 0.6 is 0 Å². The minimum atomic E-state index is -4.60. The molecule has 0 radical (unpaired) electrons. The van der Waals surface area contributed by atoms with Gasteiger partial charge in [0.2, 0.25) is 0 Å². The van der Waals surface area contributed by atoms with Crippen LogP contribution in [0.2, 0.25) is 0 Å². The minimum absolute atomic E-state index is 0.0825. The molecule has 4 rings (SSSR count). The molecule has 3 aromatic rings. The predicted octanol–water partition coefficient (Wildman–Crippen LogP) is 6.45. The first-order valence-corrected chi connectivity index (χ1v) is 11.4. The molecule has 1 fully saturated rings. The summed E-state index contributed by atoms with van der Waals surface area (Å²) in [5.74, 6) is -0.194. The summed E-state index contributed by atoms with van der Waals surface area (Å²) < 4.78 is 46.6. The lowest BCUT2D eigenvalue weighted by Crippen LogP contribution is -2.41. The van der Waals surface area contributed by atoms with Gasteiger partial charge in [-0.3, -0.25) is 4.79 Å². The van der Waals surface area contributed by atoms with Crippen LogP contribution in [0.15, 0.2) is 66.7 Å². The number of hydrogen-bond acceptors (Lipinski definition) is 3. The maximum Gasteiger partial charge on any atom is 0.416 e. The first kappa shape index (κ1) is 25.1. The van der Waals surface area contributed by atoms with Crippen molar-refractivity contribution < 1.29 is 32.6 Å². The molecule has 36 heavy (non-hydrogen) atoms. The Bertz CT molecular complexity index is 1250. The third-order valence-corrected chi connectivity index (χ3v) is 6.08. The van der Waals surface area contributed by atoms with Crippen LogP contribution in [0, 0.1) is 6.92 Å². The summed E-state index contributed by atoms with van der Waals surface area (Å²) in [6.45, 7) is 2.29. The minimum Gasteiger partial charge on any atom is -0.490 e. The van der Waals surface area contributed by atoms with Crippen molar-refractivity contribution in [3.05, 3.63) is 83.4 Å². The van der Waals surface area contributed by atoms with Crippen LogP contribution < -0.4 is 10.1 Å². The van der Waals surface area contributed by atoms with Crippen LogP contribution in [-0.4, -0.2) is 41.2 Å². The predicted molar refractivity (Wildman–Crippen MR) is 129 cm³/mol. The van der Waals surface area contributed by atoms with Crippen LogP contribution in [0.5, 0.6) is 5.75 Å². The summed E-state index contributed by atoms with van der Waals surface area (Å²) in [4.78, 5) is 25.7. The summed E-state index contributed by atoms with van der Waals surface area (Å²) in [6.07, 6.45) is -4.67. The normalized spacial score (nSPS) is 14.4. The average molecular weight is 499 g/mol. The summed E-state index contributed by atoms with van der Waals surface area (Å²) in [6, 6.07) is 17.3. The Morgan fingerprint density at radius 1 is 1.00 bits per heavy atom. The number of hydrogen-bond donors (Lipinski definition) is 2. The lowest BCUT2D eigenvalue weighted by atomic mass is 9.92. The highest BCUT2D eigenvalue weighted by molar-refractivity contribution is 6.09. The van der Waals surface area contributed by atoms with Gasteiger partial charge in [0.1, 0.15) is 11.9 Å². The largest absolute Gasteiger partial charge is 0.490 e. The van der Waals surface area contributed by atoms with E-state index in [1.807, 2.05) is 0 Å². The zero-order valence-electron chi connectivity index (χ0n) is 19.5. The van der Waals surface area contributed by atoms with Gasteiger partial charge in [0.15, 0.2) is 0 Å². The Hall–Kier alpha value is -4.01. The molecular weight excluding hydrogens is 473 g/mol. The fourth-order valence-electron chi connectivity index (χ4n) is 4.32. The number of alkyl halides is 3. The molecule has 1 saturated heterocycles. The number of halogens is 3. The van der Waals surface area contributed by atoms with Crippen molar-refractivity contribution in [2.24, 2.45) is 0 Å². The van der Waals surface area contributed by atoms with E-state index >= 15 is 0 Å². The summed E-state index contributed by atoms with van der Waals surface area (Å²) in [7, 11) is 0. The van der Waals surface area contributed by atoms with Gasteiger partial charge in [0.25, 0.3) is 5.91 Å². The molecule has 0 unspecified atom stereocenters. The fraction of sp³-hybridized carbons (Fsp3) is 0.259. The number of rotatable bonds is 5. The number of nitrogens with zero attached hydrogens (tertiary/aromatic N) is 1. The molecule has 9 heteroatoms. The zero-order valence-corrected chi connectivity index (χ0v) is 19.5. The Morgan fingerprint density at radius 2 is 1.69 bits per heavy atom. The third kappa shape index (κ3) is 5.79. The number of ether oxygens (including phenoxy) is 1. The van der Waals surface area contributed by atoms with Gasteiger partial charge in [-0.1, -0.05) is 36.4 Å². The number of aryl methyl sites for hydroxylation is 1. The first-order chi connectivity index (χ1) is 17.1. The number of likely N-dealkylation sites (tertiary alicyclic amines) is 1. The van der Waals surface area contributed by atoms with E-state index in [-0.39, 0.29) is 11.7 Å². The topological polar surface area (TPSA) is 78.9 Å². The standard InChI is InChI=1S/C27H25F3N2O4/c1-17-14-19(27(28,29)30)15-23(24(17)18-6-3-2-4-7-18)25(33)31-20-8-5-9-22(16-20)36-21-10-12-32(13-11-21)26(34)35/h2-9,14-16,21H,10-13H2,1H3,(H,31,33)(H,34,35). The number of carbonyl (C=O) groups excluding carboxylic acids is 1. The van der Waals surface area contributed by atoms with Crippen LogP contribution in [0.3, 0.4) is 0 Å². The Kier molecular flexibility index (Phi) is 7.19. The third-order valence-electron chi connectivity index (χ3n) is 6.08. The van der Waals surface area contributed by atoms with Gasteiger partial charge < -0.3 is 20.1 Å². The molecule has 1 heterocycles. The monoisotopic (exact) mass is 498 g/mol. The van der Waals surface area contributed by atoms with Gasteiger partial charge in [-0.15, -0.1) is 0 Å². The molecule has 0 spiro atoms. The van der Waals surface area contributed by atoms with Crippen molar-refractivity contribution in [1.82, 2.24) is 4.90 Å². The van der Waals surface area contributed by atoms with E-state index in [2.05, 4.69) is 5.32 Å². The van der Waals surface area contributed by atoms with E-state index in [4.69, 9.17) is 9.84 Å². The van der Waals surface area contributed by atoms with Crippen LogP contribution in [0.1, 0.15) is 34.3 Å². The fourth-order valence-corrected chi connectivity index (χ4v) is 4.32. The van der Waals surface area contributed by atoms with Gasteiger partial charge in [0.05, 0.1) is 5.56 Å². The lowest BCUT2D eigenvalue weighted by molar-refractivity contribution is -0.137. The molecule has 3 aromatic carbocycles. The molecule has 6 nitrogen and oxygen atoms in total. The molecule has 2 N–H and O–H groups in total. The molecule has 2 amide bonds. The van der Waals surface area contributed by atoms with Gasteiger partial charge in [-0.25, -0.2) is 4.79 Å². The number of piperidine rings is 1. The van der Waals surface area contributed by atoms with Crippen molar-refractivity contribution in [3.8, 4) is 16.9 Å². The van der Waals surface area contributed by atoms with E-state index < -0.39 is 23.7 Å². The highest BCUT2D eigenvalue weighted by Crippen LogP contribution is 2.36. The maximum atomic E-state index is 13.5. The zero-order chi connectivity index (χ0) is 25.9. The molecule has 0 saturated carbocycles. The number of carbonyl (C=O) groups is 2. The molecule has 0 bridgehead atoms. The van der Waals surface area contributed by atoms with E-state index in [9.17, 15) is 22.8 Å². The van der Waals surface area contributed by atoms with Gasteiger partial charge in [-0.2, -0.15) is 13.2 Å². The van der Waals surface area contributed by atoms with Crippen molar-refractivity contribution in [1.29, 1.82) is 0 Å². The van der Waals surface area contributed by atoms with E-state index in [0.717, 1.165) is 12.1 Å². The van der Waals surface area contributed by atoms with E-state index in [1.165, 1.54) is 4.90 Å². The highest BCUT2D eigenvalue weighted by atomic mass is 19.4. The Morgan fingerprint density at radius 3 is 2.33 bits per heavy atom. The Balaban J connectivity index is 1.57.